The maximum absolute atomic E-state index is 13.3. The van der Waals surface area contributed by atoms with E-state index < -0.39 is 5.92 Å². The van der Waals surface area contributed by atoms with Crippen LogP contribution in [0.15, 0.2) is 42.5 Å². The van der Waals surface area contributed by atoms with Crippen LogP contribution < -0.4 is 19.7 Å². The number of ether oxygens (including phenoxy) is 2. The molecule has 8 nitrogen and oxygen atoms in total. The Bertz CT molecular complexity index is 1240. The van der Waals surface area contributed by atoms with E-state index in [9.17, 15) is 10.1 Å². The van der Waals surface area contributed by atoms with Crippen LogP contribution in [0.1, 0.15) is 44.9 Å². The van der Waals surface area contributed by atoms with Crippen molar-refractivity contribution in [2.24, 2.45) is 11.8 Å². The zero-order chi connectivity index (χ0) is 26.9. The summed E-state index contributed by atoms with van der Waals surface area (Å²) in [4.78, 5) is 25.1. The first kappa shape index (κ1) is 27.7. The van der Waals surface area contributed by atoms with E-state index in [0.29, 0.717) is 53.3 Å². The van der Waals surface area contributed by atoms with E-state index in [1.54, 1.807) is 14.2 Å². The Kier molecular flexibility index (Phi) is 9.67. The largest absolute Gasteiger partial charge is 0.493 e. The van der Waals surface area contributed by atoms with E-state index >= 15 is 0 Å². The Morgan fingerprint density at radius 3 is 2.16 bits per heavy atom. The summed E-state index contributed by atoms with van der Waals surface area (Å²) in [5.74, 6) is 1.15. The molecule has 0 saturated carbocycles. The van der Waals surface area contributed by atoms with Gasteiger partial charge in [-0.05, 0) is 48.1 Å². The second-order valence-electron chi connectivity index (χ2n) is 9.91. The van der Waals surface area contributed by atoms with Gasteiger partial charge in [0, 0.05) is 19.6 Å². The summed E-state index contributed by atoms with van der Waals surface area (Å²) in [5, 5.41) is 13.0. The Hall–Kier alpha value is -3.86. The molecule has 0 spiro atoms. The molecule has 1 atom stereocenters. The minimum absolute atomic E-state index is 0.366. The van der Waals surface area contributed by atoms with E-state index in [0.717, 1.165) is 24.2 Å². The number of hydrogen-bond acceptors (Lipinski definition) is 7. The molecule has 37 heavy (non-hydrogen) atoms. The second kappa shape index (κ2) is 12.9. The molecular formula is C29H37N5O3. The molecule has 1 N–H and O–H groups in total. The first-order chi connectivity index (χ1) is 17.8. The van der Waals surface area contributed by atoms with Gasteiger partial charge in [0.25, 0.3) is 0 Å². The predicted octanol–water partition coefficient (Wildman–Crippen LogP) is 4.73. The monoisotopic (exact) mass is 503 g/mol. The number of nitriles is 1. The van der Waals surface area contributed by atoms with Gasteiger partial charge in [-0.2, -0.15) is 5.26 Å². The third-order valence-electron chi connectivity index (χ3n) is 5.87. The van der Waals surface area contributed by atoms with Gasteiger partial charge in [-0.25, -0.2) is 9.97 Å². The molecule has 0 saturated heterocycles. The van der Waals surface area contributed by atoms with Crippen LogP contribution in [-0.4, -0.2) is 49.7 Å². The van der Waals surface area contributed by atoms with Crippen LogP contribution >= 0.6 is 0 Å². The van der Waals surface area contributed by atoms with Crippen molar-refractivity contribution in [2.75, 3.05) is 38.8 Å². The van der Waals surface area contributed by atoms with E-state index in [2.05, 4.69) is 44.0 Å². The number of nitrogens with one attached hydrogen (secondary N) is 1. The van der Waals surface area contributed by atoms with Crippen molar-refractivity contribution in [1.29, 1.82) is 5.26 Å². The average molecular weight is 504 g/mol. The summed E-state index contributed by atoms with van der Waals surface area (Å²) in [5.41, 5.74) is 2.78. The molecule has 0 aliphatic carbocycles. The van der Waals surface area contributed by atoms with Gasteiger partial charge in [0.1, 0.15) is 5.69 Å². The molecule has 0 radical (unpaired) electrons. The fourth-order valence-corrected chi connectivity index (χ4v) is 4.27. The van der Waals surface area contributed by atoms with Gasteiger partial charge in [0.05, 0.1) is 31.3 Å². The highest BCUT2D eigenvalue weighted by molar-refractivity contribution is 5.88. The molecule has 8 heteroatoms. The standard InChI is InChI=1S/C29H37N5O3/c1-19(2)17-34(18-20(3)4)28-27(32-23-9-7-8-10-24(23)33-28)22(16-30)29(35)31-14-13-21-11-12-25(36-5)26(15-21)37-6/h7-12,15,19-20,22H,13-14,17-18H2,1-6H3,(H,31,35)/t22-/m0/s1. The first-order valence-electron chi connectivity index (χ1n) is 12.7. The van der Waals surface area contributed by atoms with Gasteiger partial charge >= 0.3 is 0 Å². The average Bonchev–Trinajstić information content (AvgIpc) is 2.87. The number of para-hydroxylation sites is 2. The van der Waals surface area contributed by atoms with Crippen molar-refractivity contribution in [3.05, 3.63) is 53.7 Å². The lowest BCUT2D eigenvalue weighted by Crippen LogP contribution is -2.36. The molecule has 0 fully saturated rings. The fraction of sp³-hybridized carbons (Fsp3) is 0.448. The number of methoxy groups -OCH3 is 2. The minimum atomic E-state index is -1.08. The topological polar surface area (TPSA) is 100 Å². The molecule has 0 unspecified atom stereocenters. The Morgan fingerprint density at radius 2 is 1.59 bits per heavy atom. The fourth-order valence-electron chi connectivity index (χ4n) is 4.27. The summed E-state index contributed by atoms with van der Waals surface area (Å²) in [6, 6.07) is 15.4. The van der Waals surface area contributed by atoms with Crippen LogP contribution in [-0.2, 0) is 11.2 Å². The summed E-state index contributed by atoms with van der Waals surface area (Å²) in [6.07, 6.45) is 0.577. The number of anilines is 1. The van der Waals surface area contributed by atoms with Gasteiger partial charge in [-0.15, -0.1) is 0 Å². The highest BCUT2D eigenvalue weighted by Gasteiger charge is 2.29. The zero-order valence-corrected chi connectivity index (χ0v) is 22.6. The lowest BCUT2D eigenvalue weighted by Gasteiger charge is -2.29. The lowest BCUT2D eigenvalue weighted by molar-refractivity contribution is -0.121. The van der Waals surface area contributed by atoms with Gasteiger partial charge in [-0.1, -0.05) is 45.9 Å². The van der Waals surface area contributed by atoms with E-state index in [-0.39, 0.29) is 5.91 Å². The first-order valence-corrected chi connectivity index (χ1v) is 12.7. The number of carbonyl (C=O) groups is 1. The number of carbonyl (C=O) groups excluding carboxylic acids is 1. The summed E-state index contributed by atoms with van der Waals surface area (Å²) >= 11 is 0. The molecule has 1 amide bonds. The Labute approximate surface area is 219 Å². The van der Waals surface area contributed by atoms with Crippen molar-refractivity contribution < 1.29 is 14.3 Å². The number of rotatable bonds is 12. The molecular weight excluding hydrogens is 466 g/mol. The summed E-state index contributed by atoms with van der Waals surface area (Å²) in [7, 11) is 3.18. The third kappa shape index (κ3) is 7.10. The number of fused-ring (bicyclic) bond motifs is 1. The molecule has 3 aromatic rings. The maximum atomic E-state index is 13.3. The van der Waals surface area contributed by atoms with Crippen molar-refractivity contribution in [3.8, 4) is 17.6 Å². The van der Waals surface area contributed by atoms with Crippen molar-refractivity contribution in [3.63, 3.8) is 0 Å². The number of benzene rings is 2. The van der Waals surface area contributed by atoms with Crippen LogP contribution in [0.4, 0.5) is 5.82 Å². The van der Waals surface area contributed by atoms with Crippen LogP contribution in [0.25, 0.3) is 11.0 Å². The van der Waals surface area contributed by atoms with Crippen LogP contribution in [0, 0.1) is 23.2 Å². The van der Waals surface area contributed by atoms with Crippen LogP contribution in [0.5, 0.6) is 11.5 Å². The van der Waals surface area contributed by atoms with Crippen molar-refractivity contribution in [2.45, 2.75) is 40.0 Å². The number of hydrogen-bond donors (Lipinski definition) is 1. The second-order valence-corrected chi connectivity index (χ2v) is 9.91. The highest BCUT2D eigenvalue weighted by Crippen LogP contribution is 2.29. The molecule has 196 valence electrons. The smallest absolute Gasteiger partial charge is 0.243 e. The number of nitrogens with zero attached hydrogens (tertiary/aromatic N) is 4. The van der Waals surface area contributed by atoms with E-state index in [1.807, 2.05) is 42.5 Å². The molecule has 3 rings (SSSR count). The number of amides is 1. The quantitative estimate of drug-likeness (QED) is 0.381. The third-order valence-corrected chi connectivity index (χ3v) is 5.87. The SMILES string of the molecule is COc1ccc(CCNC(=O)[C@@H](C#N)c2nc3ccccc3nc2N(CC(C)C)CC(C)C)cc1OC. The summed E-state index contributed by atoms with van der Waals surface area (Å²) < 4.78 is 10.7. The van der Waals surface area contributed by atoms with E-state index in [1.165, 1.54) is 0 Å². The molecule has 1 heterocycles. The number of aromatic nitrogens is 2. The normalized spacial score (nSPS) is 11.9. The molecule has 0 aliphatic heterocycles. The Morgan fingerprint density at radius 1 is 0.973 bits per heavy atom. The molecule has 0 aliphatic rings. The summed E-state index contributed by atoms with van der Waals surface area (Å²) in [6.45, 7) is 10.4. The zero-order valence-electron chi connectivity index (χ0n) is 22.6. The van der Waals surface area contributed by atoms with Gasteiger partial charge in [-0.3, -0.25) is 4.79 Å². The Balaban J connectivity index is 1.88. The minimum Gasteiger partial charge on any atom is -0.493 e. The molecule has 2 aromatic carbocycles. The van der Waals surface area contributed by atoms with Crippen molar-refractivity contribution >= 4 is 22.8 Å². The molecule has 1 aromatic heterocycles. The van der Waals surface area contributed by atoms with Gasteiger partial charge in [0.2, 0.25) is 5.91 Å². The predicted molar refractivity (Wildman–Crippen MR) is 146 cm³/mol. The van der Waals surface area contributed by atoms with E-state index in [4.69, 9.17) is 19.4 Å². The lowest BCUT2D eigenvalue weighted by atomic mass is 10.0. The van der Waals surface area contributed by atoms with Crippen LogP contribution in [0.3, 0.4) is 0 Å². The molecule has 0 bridgehead atoms. The van der Waals surface area contributed by atoms with Crippen molar-refractivity contribution in [1.82, 2.24) is 15.3 Å². The van der Waals surface area contributed by atoms with Gasteiger partial charge in [0.15, 0.2) is 23.2 Å². The van der Waals surface area contributed by atoms with Gasteiger partial charge < -0.3 is 19.7 Å². The maximum Gasteiger partial charge on any atom is 0.243 e. The van der Waals surface area contributed by atoms with Crippen LogP contribution in [0.2, 0.25) is 0 Å². The highest BCUT2D eigenvalue weighted by atomic mass is 16.5.